The van der Waals surface area contributed by atoms with Gasteiger partial charge in [-0.15, -0.1) is 0 Å². The van der Waals surface area contributed by atoms with Crippen LogP contribution in [0.15, 0.2) is 66.9 Å². The lowest BCUT2D eigenvalue weighted by Crippen LogP contribution is -2.44. The van der Waals surface area contributed by atoms with Gasteiger partial charge >= 0.3 is 6.03 Å². The highest BCUT2D eigenvalue weighted by Gasteiger charge is 2.23. The first-order chi connectivity index (χ1) is 20.1. The molecule has 3 N–H and O–H groups in total. The van der Waals surface area contributed by atoms with Crippen molar-refractivity contribution in [2.75, 3.05) is 40.5 Å². The minimum absolute atomic E-state index is 0.181. The minimum Gasteiger partial charge on any atom is -0.770 e. The van der Waals surface area contributed by atoms with Gasteiger partial charge in [-0.25, -0.2) is 14.5 Å². The summed E-state index contributed by atoms with van der Waals surface area (Å²) in [5.41, 5.74) is 2.75. The molecule has 0 spiro atoms. The van der Waals surface area contributed by atoms with Crippen LogP contribution in [0.25, 0.3) is 5.69 Å². The van der Waals surface area contributed by atoms with Crippen molar-refractivity contribution in [3.05, 3.63) is 78.1 Å². The van der Waals surface area contributed by atoms with Crippen LogP contribution in [0.2, 0.25) is 0 Å². The average molecular weight is 590 g/mol. The fraction of sp³-hybridized carbons (Fsp3) is 0.310. The molecule has 1 aliphatic heterocycles. The number of amides is 2. The lowest BCUT2D eigenvalue weighted by atomic mass is 9.92. The van der Waals surface area contributed by atoms with Crippen molar-refractivity contribution >= 4 is 46.1 Å². The topological polar surface area (TPSA) is 149 Å². The Labute approximate surface area is 246 Å². The van der Waals surface area contributed by atoms with Crippen LogP contribution in [0, 0.1) is 6.92 Å². The van der Waals surface area contributed by atoms with E-state index < -0.39 is 22.5 Å². The van der Waals surface area contributed by atoms with E-state index in [1.165, 1.54) is 0 Å². The summed E-state index contributed by atoms with van der Waals surface area (Å²) in [5, 5.41) is 13.8. The number of urea groups is 1. The zero-order chi connectivity index (χ0) is 29.9. The van der Waals surface area contributed by atoms with Crippen molar-refractivity contribution in [3.63, 3.8) is 0 Å². The van der Waals surface area contributed by atoms with Crippen LogP contribution in [0.4, 0.5) is 33.8 Å². The number of carbonyl (C=O) groups is 1. The zero-order valence-electron chi connectivity index (χ0n) is 23.8. The van der Waals surface area contributed by atoms with Gasteiger partial charge < -0.3 is 24.8 Å². The lowest BCUT2D eigenvalue weighted by Gasteiger charge is -2.34. The van der Waals surface area contributed by atoms with Crippen LogP contribution >= 0.6 is 0 Å². The Balaban J connectivity index is 1.31. The van der Waals surface area contributed by atoms with E-state index in [9.17, 15) is 13.6 Å². The Morgan fingerprint density at radius 3 is 2.62 bits per heavy atom. The third kappa shape index (κ3) is 6.93. The van der Waals surface area contributed by atoms with Gasteiger partial charge in [-0.05, 0) is 53.9 Å². The average Bonchev–Trinajstić information content (AvgIpc) is 3.40. The maximum Gasteiger partial charge on any atom is 0.324 e. The highest BCUT2D eigenvalue weighted by Crippen LogP contribution is 2.28. The number of rotatable bonds is 7. The molecule has 0 aliphatic carbocycles. The van der Waals surface area contributed by atoms with Crippen LogP contribution < -0.4 is 20.9 Å². The Kier molecular flexibility index (Phi) is 8.52. The number of aryl methyl sites for hydroxylation is 1. The number of morpholine rings is 1. The number of ether oxygens (including phenoxy) is 1. The number of nitrogens with one attached hydrogen (secondary N) is 3. The van der Waals surface area contributed by atoms with Crippen LogP contribution in [-0.4, -0.2) is 59.7 Å². The van der Waals surface area contributed by atoms with Gasteiger partial charge in [0.2, 0.25) is 5.95 Å². The van der Waals surface area contributed by atoms with Gasteiger partial charge in [0.15, 0.2) is 0 Å². The fourth-order valence-electron chi connectivity index (χ4n) is 4.36. The molecule has 2 aromatic carbocycles. The van der Waals surface area contributed by atoms with E-state index in [-0.39, 0.29) is 18.6 Å². The van der Waals surface area contributed by atoms with Crippen LogP contribution in [0.1, 0.15) is 32.0 Å². The Morgan fingerprint density at radius 2 is 1.88 bits per heavy atom. The Morgan fingerprint density at radius 1 is 1.10 bits per heavy atom. The van der Waals surface area contributed by atoms with E-state index in [0.717, 1.165) is 16.9 Å². The van der Waals surface area contributed by atoms with E-state index in [4.69, 9.17) is 9.84 Å². The molecule has 3 heterocycles. The second kappa shape index (κ2) is 12.3. The highest BCUT2D eigenvalue weighted by atomic mass is 32.2. The second-order valence-corrected chi connectivity index (χ2v) is 11.9. The van der Waals surface area contributed by atoms with Crippen LogP contribution in [0.3, 0.4) is 0 Å². The SMILES string of the molecule is Cc1ccc(NC(=O)Nc2cc(C(C)(C)C)nn2-c2ccccc2)cc1Nc1nccc(N2CCOC(S(=O)[O-])C2)n1. The molecular weight excluding hydrogens is 556 g/mol. The molecule has 2 aromatic heterocycles. The van der Waals surface area contributed by atoms with Gasteiger partial charge in [-0.1, -0.05) is 45.0 Å². The Bertz CT molecular complexity index is 1590. The Hall–Kier alpha value is -4.33. The molecule has 220 valence electrons. The molecular formula is C29H33N8O4S-. The normalized spacial score (nSPS) is 16.1. The summed E-state index contributed by atoms with van der Waals surface area (Å²) in [6.07, 6.45) is 1.61. The van der Waals surface area contributed by atoms with E-state index in [2.05, 4.69) is 46.7 Å². The van der Waals surface area contributed by atoms with Gasteiger partial charge in [-0.2, -0.15) is 10.1 Å². The summed E-state index contributed by atoms with van der Waals surface area (Å²) < 4.78 is 29.8. The third-order valence-corrected chi connectivity index (χ3v) is 7.39. The van der Waals surface area contributed by atoms with Crippen molar-refractivity contribution < 1.29 is 18.3 Å². The number of hydrogen-bond donors (Lipinski definition) is 3. The van der Waals surface area contributed by atoms with E-state index in [1.54, 1.807) is 23.0 Å². The lowest BCUT2D eigenvalue weighted by molar-refractivity contribution is 0.0894. The molecule has 2 atom stereocenters. The van der Waals surface area contributed by atoms with Crippen molar-refractivity contribution in [3.8, 4) is 5.69 Å². The van der Waals surface area contributed by atoms with E-state index in [0.29, 0.717) is 35.5 Å². The molecule has 13 heteroatoms. The molecule has 4 aromatic rings. The predicted octanol–water partition coefficient (Wildman–Crippen LogP) is 4.70. The molecule has 0 bridgehead atoms. The summed E-state index contributed by atoms with van der Waals surface area (Å²) in [6.45, 7) is 9.12. The number of nitrogens with zero attached hydrogens (tertiary/aromatic N) is 5. The molecule has 2 amide bonds. The third-order valence-electron chi connectivity index (χ3n) is 6.68. The molecule has 42 heavy (non-hydrogen) atoms. The van der Waals surface area contributed by atoms with Crippen molar-refractivity contribution in [2.45, 2.75) is 38.5 Å². The van der Waals surface area contributed by atoms with Gasteiger partial charge in [0, 0.05) is 35.6 Å². The largest absolute Gasteiger partial charge is 0.770 e. The highest BCUT2D eigenvalue weighted by molar-refractivity contribution is 7.79. The summed E-state index contributed by atoms with van der Waals surface area (Å²) >= 11 is -2.34. The van der Waals surface area contributed by atoms with Crippen LogP contribution in [0.5, 0.6) is 0 Å². The molecule has 0 saturated carbocycles. The number of benzene rings is 2. The molecule has 12 nitrogen and oxygen atoms in total. The standard InChI is InChI=1S/C29H34N8O4S/c1-19-10-11-20(16-22(19)32-27-30-13-12-24(33-27)36-14-15-41-26(18-36)42(39)40)31-28(38)34-25-17-23(29(2,3)4)35-37(25)21-8-6-5-7-9-21/h5-13,16-17,26H,14-15,18H2,1-4H3,(H,39,40)(H,30,32,33)(H2,31,34,38)/p-1. The maximum absolute atomic E-state index is 13.1. The summed E-state index contributed by atoms with van der Waals surface area (Å²) in [5.74, 6) is 1.47. The molecule has 5 rings (SSSR count). The van der Waals surface area contributed by atoms with Gasteiger partial charge in [0.1, 0.15) is 17.1 Å². The van der Waals surface area contributed by atoms with Crippen molar-refractivity contribution in [2.24, 2.45) is 0 Å². The fourth-order valence-corrected chi connectivity index (χ4v) is 4.87. The quantitative estimate of drug-likeness (QED) is 0.261. The minimum atomic E-state index is -2.34. The first-order valence-electron chi connectivity index (χ1n) is 13.5. The zero-order valence-corrected chi connectivity index (χ0v) is 24.6. The summed E-state index contributed by atoms with van der Waals surface area (Å²) in [7, 11) is 0. The van der Waals surface area contributed by atoms with Crippen LogP contribution in [-0.2, 0) is 21.2 Å². The summed E-state index contributed by atoms with van der Waals surface area (Å²) in [4.78, 5) is 23.8. The smallest absolute Gasteiger partial charge is 0.324 e. The van der Waals surface area contributed by atoms with Crippen molar-refractivity contribution in [1.82, 2.24) is 19.7 Å². The number of aromatic nitrogens is 4. The number of para-hydroxylation sites is 1. The van der Waals surface area contributed by atoms with Gasteiger partial charge in [0.05, 0.1) is 24.5 Å². The first-order valence-corrected chi connectivity index (χ1v) is 14.6. The van der Waals surface area contributed by atoms with E-state index >= 15 is 0 Å². The van der Waals surface area contributed by atoms with Gasteiger partial charge in [0.25, 0.3) is 0 Å². The second-order valence-electron chi connectivity index (χ2n) is 10.9. The molecule has 2 unspecified atom stereocenters. The molecule has 1 fully saturated rings. The number of hydrogen-bond acceptors (Lipinski definition) is 9. The molecule has 1 saturated heterocycles. The van der Waals surface area contributed by atoms with E-state index in [1.807, 2.05) is 60.4 Å². The van der Waals surface area contributed by atoms with Gasteiger partial charge in [-0.3, -0.25) is 9.53 Å². The number of anilines is 5. The van der Waals surface area contributed by atoms with Crippen molar-refractivity contribution in [1.29, 1.82) is 0 Å². The first kappa shape index (κ1) is 29.2. The predicted molar refractivity (Wildman–Crippen MR) is 162 cm³/mol. The molecule has 1 aliphatic rings. The molecule has 0 radical (unpaired) electrons. The summed E-state index contributed by atoms with van der Waals surface area (Å²) in [6, 6.07) is 18.3. The monoisotopic (exact) mass is 589 g/mol. The number of carbonyl (C=O) groups excluding carboxylic acids is 1. The maximum atomic E-state index is 13.1.